The molecule has 0 radical (unpaired) electrons. The second-order valence-corrected chi connectivity index (χ2v) is 6.47. The van der Waals surface area contributed by atoms with E-state index in [9.17, 15) is 21.6 Å². The number of hydrogen-bond donors (Lipinski definition) is 0. The second kappa shape index (κ2) is 5.94. The minimum absolute atomic E-state index is 0.377. The summed E-state index contributed by atoms with van der Waals surface area (Å²) >= 11 is 1.43. The van der Waals surface area contributed by atoms with Gasteiger partial charge in [-0.25, -0.2) is 9.97 Å². The van der Waals surface area contributed by atoms with Crippen molar-refractivity contribution < 1.29 is 25.8 Å². The van der Waals surface area contributed by atoms with Crippen LogP contribution in [0.1, 0.15) is 16.3 Å². The summed E-state index contributed by atoms with van der Waals surface area (Å²) in [5.41, 5.74) is -4.57. The quantitative estimate of drug-likeness (QED) is 0.474. The predicted molar refractivity (Wildman–Crippen MR) is 72.7 cm³/mol. The van der Waals surface area contributed by atoms with Crippen LogP contribution in [-0.2, 0) is 10.1 Å². The largest absolute Gasteiger partial charge is 0.534 e. The first-order valence-electron chi connectivity index (χ1n) is 5.58. The van der Waals surface area contributed by atoms with Gasteiger partial charge in [0.05, 0.1) is 5.01 Å². The number of aryl methyl sites for hydroxylation is 1. The van der Waals surface area contributed by atoms with Gasteiger partial charge in [0.25, 0.3) is 0 Å². The van der Waals surface area contributed by atoms with Gasteiger partial charge in [0.2, 0.25) is 5.88 Å². The Hall–Kier alpha value is -2.12. The highest BCUT2D eigenvalue weighted by Gasteiger charge is 2.48. The maximum atomic E-state index is 12.1. The summed E-state index contributed by atoms with van der Waals surface area (Å²) in [6.07, 6.45) is 1.10. The standard InChI is InChI=1S/C12H7F3N2O3S2/c1-8-17-10(7-21-8)4-2-9-3-5-11(16-6-9)20-22(18,19)12(13,14)15/h3,5-7H,1H3. The molecule has 0 aromatic carbocycles. The lowest BCUT2D eigenvalue weighted by atomic mass is 10.3. The molecule has 0 aliphatic rings. The van der Waals surface area contributed by atoms with Gasteiger partial charge in [0.15, 0.2) is 0 Å². The Kier molecular flexibility index (Phi) is 4.39. The summed E-state index contributed by atoms with van der Waals surface area (Å²) < 4.78 is 61.9. The van der Waals surface area contributed by atoms with Crippen LogP contribution >= 0.6 is 11.3 Å². The van der Waals surface area contributed by atoms with Crippen molar-refractivity contribution in [3.05, 3.63) is 40.0 Å². The number of pyridine rings is 1. The zero-order chi connectivity index (χ0) is 16.4. The zero-order valence-corrected chi connectivity index (χ0v) is 12.5. The number of rotatable bonds is 2. The average Bonchev–Trinajstić information content (AvgIpc) is 2.82. The second-order valence-electron chi connectivity index (χ2n) is 3.87. The third-order valence-electron chi connectivity index (χ3n) is 2.17. The van der Waals surface area contributed by atoms with Gasteiger partial charge in [0, 0.05) is 23.2 Å². The lowest BCUT2D eigenvalue weighted by Crippen LogP contribution is -2.28. The van der Waals surface area contributed by atoms with Crippen molar-refractivity contribution >= 4 is 21.5 Å². The molecule has 0 N–H and O–H groups in total. The fraction of sp³-hybridized carbons (Fsp3) is 0.167. The van der Waals surface area contributed by atoms with Crippen molar-refractivity contribution in [1.82, 2.24) is 9.97 Å². The third kappa shape index (κ3) is 3.96. The molecule has 2 aromatic rings. The molecule has 0 atom stereocenters. The van der Waals surface area contributed by atoms with E-state index in [1.807, 2.05) is 6.92 Å². The monoisotopic (exact) mass is 348 g/mol. The van der Waals surface area contributed by atoms with E-state index in [1.165, 1.54) is 17.4 Å². The molecule has 2 heterocycles. The van der Waals surface area contributed by atoms with Crippen LogP contribution in [0.25, 0.3) is 0 Å². The smallest absolute Gasteiger partial charge is 0.355 e. The minimum Gasteiger partial charge on any atom is -0.355 e. The molecular weight excluding hydrogens is 341 g/mol. The fourth-order valence-electron chi connectivity index (χ4n) is 1.22. The summed E-state index contributed by atoms with van der Waals surface area (Å²) in [6, 6.07) is 2.28. The number of thiazole rings is 1. The van der Waals surface area contributed by atoms with Crippen LogP contribution in [0.5, 0.6) is 5.88 Å². The summed E-state index contributed by atoms with van der Waals surface area (Å²) in [5, 5.41) is 2.60. The van der Waals surface area contributed by atoms with E-state index in [0.717, 1.165) is 17.3 Å². The first-order valence-corrected chi connectivity index (χ1v) is 7.87. The van der Waals surface area contributed by atoms with Crippen LogP contribution in [0, 0.1) is 18.8 Å². The number of alkyl halides is 3. The third-order valence-corrected chi connectivity index (χ3v) is 3.90. The van der Waals surface area contributed by atoms with Gasteiger partial charge in [-0.05, 0) is 18.9 Å². The van der Waals surface area contributed by atoms with Crippen LogP contribution < -0.4 is 4.18 Å². The fourth-order valence-corrected chi connectivity index (χ4v) is 2.18. The highest BCUT2D eigenvalue weighted by atomic mass is 32.2. The molecule has 0 bridgehead atoms. The van der Waals surface area contributed by atoms with Crippen LogP contribution in [0.4, 0.5) is 13.2 Å². The molecule has 5 nitrogen and oxygen atoms in total. The Balaban J connectivity index is 2.13. The Labute approximate surface area is 127 Å². The molecule has 0 aliphatic heterocycles. The number of nitrogens with zero attached hydrogens (tertiary/aromatic N) is 2. The van der Waals surface area contributed by atoms with Gasteiger partial charge in [-0.1, -0.05) is 5.92 Å². The zero-order valence-electron chi connectivity index (χ0n) is 10.9. The van der Waals surface area contributed by atoms with Gasteiger partial charge < -0.3 is 4.18 Å². The van der Waals surface area contributed by atoms with E-state index in [2.05, 4.69) is 26.0 Å². The SMILES string of the molecule is Cc1nc(C#Cc2ccc(OS(=O)(=O)C(F)(F)F)nc2)cs1. The van der Waals surface area contributed by atoms with Crippen molar-refractivity contribution in [3.63, 3.8) is 0 Å². The average molecular weight is 348 g/mol. The summed E-state index contributed by atoms with van der Waals surface area (Å²) in [7, 11) is -5.72. The van der Waals surface area contributed by atoms with Crippen molar-refractivity contribution in [2.24, 2.45) is 0 Å². The molecule has 116 valence electrons. The Morgan fingerprint density at radius 2 is 2.00 bits per heavy atom. The lowest BCUT2D eigenvalue weighted by molar-refractivity contribution is -0.0501. The van der Waals surface area contributed by atoms with E-state index >= 15 is 0 Å². The first kappa shape index (κ1) is 16.3. The van der Waals surface area contributed by atoms with Crippen molar-refractivity contribution in [2.45, 2.75) is 12.4 Å². The van der Waals surface area contributed by atoms with Gasteiger partial charge in [-0.3, -0.25) is 0 Å². The molecular formula is C12H7F3N2O3S2. The van der Waals surface area contributed by atoms with E-state index in [1.54, 1.807) is 5.38 Å². The molecule has 0 saturated carbocycles. The molecule has 0 aliphatic carbocycles. The molecule has 2 rings (SSSR count). The molecule has 2 aromatic heterocycles. The van der Waals surface area contributed by atoms with Crippen molar-refractivity contribution in [1.29, 1.82) is 0 Å². The van der Waals surface area contributed by atoms with E-state index in [-0.39, 0.29) is 0 Å². The number of hydrogen-bond acceptors (Lipinski definition) is 6. The van der Waals surface area contributed by atoms with Crippen molar-refractivity contribution in [2.75, 3.05) is 0 Å². The Bertz CT molecular complexity index is 831. The van der Waals surface area contributed by atoms with Gasteiger partial charge in [-0.15, -0.1) is 11.3 Å². The number of halogens is 3. The van der Waals surface area contributed by atoms with Crippen LogP contribution in [0.15, 0.2) is 23.7 Å². The maximum Gasteiger partial charge on any atom is 0.534 e. The highest BCUT2D eigenvalue weighted by Crippen LogP contribution is 2.25. The van der Waals surface area contributed by atoms with Crippen LogP contribution in [0.3, 0.4) is 0 Å². The summed E-state index contributed by atoms with van der Waals surface area (Å²) in [6.45, 7) is 1.82. The normalized spacial score (nSPS) is 11.6. The first-order chi connectivity index (χ1) is 10.2. The molecule has 10 heteroatoms. The molecule has 0 amide bonds. The van der Waals surface area contributed by atoms with Crippen molar-refractivity contribution in [3.8, 4) is 17.7 Å². The van der Waals surface area contributed by atoms with E-state index in [0.29, 0.717) is 11.3 Å². The Morgan fingerprint density at radius 1 is 1.27 bits per heavy atom. The van der Waals surface area contributed by atoms with Crippen LogP contribution in [0.2, 0.25) is 0 Å². The molecule has 0 saturated heterocycles. The van der Waals surface area contributed by atoms with Gasteiger partial charge in [-0.2, -0.15) is 21.6 Å². The minimum atomic E-state index is -5.72. The van der Waals surface area contributed by atoms with Gasteiger partial charge in [0.1, 0.15) is 5.69 Å². The Morgan fingerprint density at radius 3 is 2.50 bits per heavy atom. The summed E-state index contributed by atoms with van der Waals surface area (Å²) in [5.74, 6) is 4.76. The van der Waals surface area contributed by atoms with Crippen LogP contribution in [-0.4, -0.2) is 23.9 Å². The molecule has 0 fully saturated rings. The summed E-state index contributed by atoms with van der Waals surface area (Å²) in [4.78, 5) is 7.59. The van der Waals surface area contributed by atoms with E-state index < -0.39 is 21.5 Å². The molecule has 0 unspecified atom stereocenters. The number of aromatic nitrogens is 2. The molecule has 22 heavy (non-hydrogen) atoms. The molecule has 0 spiro atoms. The predicted octanol–water partition coefficient (Wildman–Crippen LogP) is 2.47. The highest BCUT2D eigenvalue weighted by molar-refractivity contribution is 7.87. The van der Waals surface area contributed by atoms with E-state index in [4.69, 9.17) is 0 Å². The van der Waals surface area contributed by atoms with Gasteiger partial charge >= 0.3 is 15.6 Å². The topological polar surface area (TPSA) is 69.2 Å². The lowest BCUT2D eigenvalue weighted by Gasteiger charge is -2.08. The maximum absolute atomic E-state index is 12.1.